The standard InChI is InChI=1S/C8H15N3O2S/c9-3-7(12)10-4-8(13)11-6-1-2-14-5-6/h6H,1-5,9H2,(H,10,12)(H,11,13). The van der Waals surface area contributed by atoms with Gasteiger partial charge in [0.1, 0.15) is 0 Å². The van der Waals surface area contributed by atoms with Crippen molar-refractivity contribution in [1.29, 1.82) is 0 Å². The summed E-state index contributed by atoms with van der Waals surface area (Å²) in [6.07, 6.45) is 1.02. The lowest BCUT2D eigenvalue weighted by atomic mass is 10.2. The summed E-state index contributed by atoms with van der Waals surface area (Å²) < 4.78 is 0. The first-order valence-electron chi connectivity index (χ1n) is 4.56. The zero-order valence-electron chi connectivity index (χ0n) is 7.91. The minimum absolute atomic E-state index is 0.0250. The third-order valence-corrected chi connectivity index (χ3v) is 3.09. The third kappa shape index (κ3) is 3.97. The fourth-order valence-corrected chi connectivity index (χ4v) is 2.33. The second-order valence-electron chi connectivity index (χ2n) is 3.11. The van der Waals surface area contributed by atoms with E-state index in [9.17, 15) is 9.59 Å². The maximum atomic E-state index is 11.2. The maximum absolute atomic E-state index is 11.2. The van der Waals surface area contributed by atoms with Crippen molar-refractivity contribution in [3.63, 3.8) is 0 Å². The zero-order valence-corrected chi connectivity index (χ0v) is 8.73. The van der Waals surface area contributed by atoms with E-state index in [1.165, 1.54) is 0 Å². The molecule has 80 valence electrons. The van der Waals surface area contributed by atoms with E-state index >= 15 is 0 Å². The van der Waals surface area contributed by atoms with Gasteiger partial charge in [-0.05, 0) is 12.2 Å². The highest BCUT2D eigenvalue weighted by Gasteiger charge is 2.17. The smallest absolute Gasteiger partial charge is 0.239 e. The van der Waals surface area contributed by atoms with Gasteiger partial charge in [0, 0.05) is 11.8 Å². The molecule has 0 radical (unpaired) electrons. The van der Waals surface area contributed by atoms with Gasteiger partial charge < -0.3 is 16.4 Å². The predicted octanol–water partition coefficient (Wildman–Crippen LogP) is -1.32. The highest BCUT2D eigenvalue weighted by atomic mass is 32.2. The number of hydrogen-bond donors (Lipinski definition) is 3. The molecule has 5 nitrogen and oxygen atoms in total. The normalized spacial score (nSPS) is 20.5. The molecule has 1 unspecified atom stereocenters. The van der Waals surface area contributed by atoms with Crippen LogP contribution in [0.1, 0.15) is 6.42 Å². The van der Waals surface area contributed by atoms with Crippen molar-refractivity contribution in [1.82, 2.24) is 10.6 Å². The van der Waals surface area contributed by atoms with Gasteiger partial charge in [0.05, 0.1) is 13.1 Å². The Bertz CT molecular complexity index is 217. The minimum atomic E-state index is -0.305. The van der Waals surface area contributed by atoms with Gasteiger partial charge in [-0.25, -0.2) is 0 Å². The molecule has 1 saturated heterocycles. The SMILES string of the molecule is NCC(=O)NCC(=O)NC1CCSC1. The lowest BCUT2D eigenvalue weighted by Gasteiger charge is -2.11. The number of nitrogens with two attached hydrogens (primary N) is 1. The molecule has 1 aliphatic heterocycles. The van der Waals surface area contributed by atoms with Gasteiger partial charge in [-0.3, -0.25) is 9.59 Å². The van der Waals surface area contributed by atoms with Crippen LogP contribution in [0.3, 0.4) is 0 Å². The summed E-state index contributed by atoms with van der Waals surface area (Å²) in [4.78, 5) is 22.0. The van der Waals surface area contributed by atoms with Crippen LogP contribution in [0.5, 0.6) is 0 Å². The van der Waals surface area contributed by atoms with Gasteiger partial charge >= 0.3 is 0 Å². The van der Waals surface area contributed by atoms with E-state index in [4.69, 9.17) is 5.73 Å². The summed E-state index contributed by atoms with van der Waals surface area (Å²) >= 11 is 1.83. The number of nitrogens with one attached hydrogen (secondary N) is 2. The van der Waals surface area contributed by atoms with Crippen LogP contribution in [0.2, 0.25) is 0 Å². The fraction of sp³-hybridized carbons (Fsp3) is 0.750. The number of carbonyl (C=O) groups is 2. The van der Waals surface area contributed by atoms with Gasteiger partial charge in [-0.2, -0.15) is 11.8 Å². The summed E-state index contributed by atoms with van der Waals surface area (Å²) in [6.45, 7) is -0.0518. The van der Waals surface area contributed by atoms with Gasteiger partial charge in [0.25, 0.3) is 0 Å². The van der Waals surface area contributed by atoms with Crippen molar-refractivity contribution in [2.24, 2.45) is 5.73 Å². The molecule has 1 heterocycles. The van der Waals surface area contributed by atoms with Crippen LogP contribution in [0, 0.1) is 0 Å². The van der Waals surface area contributed by atoms with E-state index in [0.29, 0.717) is 0 Å². The average molecular weight is 217 g/mol. The highest BCUT2D eigenvalue weighted by Crippen LogP contribution is 2.16. The molecule has 1 aliphatic rings. The van der Waals surface area contributed by atoms with Crippen LogP contribution >= 0.6 is 11.8 Å². The molecule has 1 rings (SSSR count). The van der Waals surface area contributed by atoms with Crippen LogP contribution in [0.4, 0.5) is 0 Å². The third-order valence-electron chi connectivity index (χ3n) is 1.93. The second-order valence-corrected chi connectivity index (χ2v) is 4.26. The largest absolute Gasteiger partial charge is 0.351 e. The Kier molecular flexibility index (Phi) is 4.75. The molecule has 2 amide bonds. The highest BCUT2D eigenvalue weighted by molar-refractivity contribution is 7.99. The van der Waals surface area contributed by atoms with Crippen molar-refractivity contribution in [3.05, 3.63) is 0 Å². The van der Waals surface area contributed by atoms with Gasteiger partial charge in [0.15, 0.2) is 0 Å². The van der Waals surface area contributed by atoms with E-state index in [1.807, 2.05) is 11.8 Å². The molecule has 4 N–H and O–H groups in total. The van der Waals surface area contributed by atoms with Gasteiger partial charge in [0.2, 0.25) is 11.8 Å². The van der Waals surface area contributed by atoms with Crippen molar-refractivity contribution in [3.8, 4) is 0 Å². The van der Waals surface area contributed by atoms with Crippen LogP contribution in [-0.2, 0) is 9.59 Å². The summed E-state index contributed by atoms with van der Waals surface area (Å²) in [7, 11) is 0. The van der Waals surface area contributed by atoms with Gasteiger partial charge in [-0.1, -0.05) is 0 Å². The zero-order chi connectivity index (χ0) is 10.4. The monoisotopic (exact) mass is 217 g/mol. The van der Waals surface area contributed by atoms with E-state index < -0.39 is 0 Å². The number of carbonyl (C=O) groups excluding carboxylic acids is 2. The maximum Gasteiger partial charge on any atom is 0.239 e. The summed E-state index contributed by atoms with van der Waals surface area (Å²) in [6, 6.07) is 0.266. The van der Waals surface area contributed by atoms with Crippen LogP contribution in [-0.4, -0.2) is 42.5 Å². The molecular formula is C8H15N3O2S. The molecule has 0 aromatic rings. The first-order chi connectivity index (χ1) is 6.72. The first-order valence-corrected chi connectivity index (χ1v) is 5.71. The van der Waals surface area contributed by atoms with E-state index in [1.54, 1.807) is 0 Å². The number of hydrogen-bond acceptors (Lipinski definition) is 4. The van der Waals surface area contributed by atoms with Crippen molar-refractivity contribution in [2.45, 2.75) is 12.5 Å². The van der Waals surface area contributed by atoms with E-state index in [-0.39, 0.29) is 30.9 Å². The number of thioether (sulfide) groups is 1. The molecular weight excluding hydrogens is 202 g/mol. The molecule has 0 saturated carbocycles. The predicted molar refractivity (Wildman–Crippen MR) is 55.9 cm³/mol. The van der Waals surface area contributed by atoms with Crippen LogP contribution < -0.4 is 16.4 Å². The molecule has 0 aromatic heterocycles. The minimum Gasteiger partial charge on any atom is -0.351 e. The number of rotatable bonds is 4. The first kappa shape index (κ1) is 11.3. The molecule has 0 spiro atoms. The summed E-state index contributed by atoms with van der Waals surface area (Å²) in [5.41, 5.74) is 5.07. The summed E-state index contributed by atoms with van der Waals surface area (Å²) in [5, 5.41) is 5.27. The quantitative estimate of drug-likeness (QED) is 0.545. The molecule has 14 heavy (non-hydrogen) atoms. The molecule has 1 fully saturated rings. The van der Waals surface area contributed by atoms with Crippen molar-refractivity contribution >= 4 is 23.6 Å². The van der Waals surface area contributed by atoms with E-state index in [0.717, 1.165) is 17.9 Å². The Morgan fingerprint density at radius 2 is 2.21 bits per heavy atom. The lowest BCUT2D eigenvalue weighted by Crippen LogP contribution is -2.43. The molecule has 6 heteroatoms. The Labute approximate surface area is 87.2 Å². The molecule has 1 atom stereocenters. The molecule has 0 bridgehead atoms. The Morgan fingerprint density at radius 1 is 1.43 bits per heavy atom. The summed E-state index contributed by atoms with van der Waals surface area (Å²) in [5.74, 6) is 1.62. The molecule has 0 aromatic carbocycles. The van der Waals surface area contributed by atoms with Gasteiger partial charge in [-0.15, -0.1) is 0 Å². The van der Waals surface area contributed by atoms with E-state index in [2.05, 4.69) is 10.6 Å². The number of amides is 2. The lowest BCUT2D eigenvalue weighted by molar-refractivity contribution is -0.125. The van der Waals surface area contributed by atoms with Crippen molar-refractivity contribution < 1.29 is 9.59 Å². The van der Waals surface area contributed by atoms with Crippen molar-refractivity contribution in [2.75, 3.05) is 24.6 Å². The Balaban J connectivity index is 2.12. The fourth-order valence-electron chi connectivity index (χ4n) is 1.18. The topological polar surface area (TPSA) is 84.2 Å². The molecule has 0 aliphatic carbocycles. The van der Waals surface area contributed by atoms with Crippen LogP contribution in [0.25, 0.3) is 0 Å². The Hall–Kier alpha value is -0.750. The average Bonchev–Trinajstić information content (AvgIpc) is 2.66. The Morgan fingerprint density at radius 3 is 2.79 bits per heavy atom. The van der Waals surface area contributed by atoms with Crippen LogP contribution in [0.15, 0.2) is 0 Å². The second kappa shape index (κ2) is 5.87.